The van der Waals surface area contributed by atoms with Gasteiger partial charge >= 0.3 is 6.18 Å². The van der Waals surface area contributed by atoms with E-state index < -0.39 is 17.6 Å². The quantitative estimate of drug-likeness (QED) is 0.741. The Morgan fingerprint density at radius 2 is 1.85 bits per heavy atom. The largest absolute Gasteiger partial charge is 0.416 e. The fraction of sp³-hybridized carbons (Fsp3) is 0.389. The van der Waals surface area contributed by atoms with Crippen LogP contribution in [0.25, 0.3) is 0 Å². The summed E-state index contributed by atoms with van der Waals surface area (Å²) in [6.45, 7) is 0.459. The molecule has 3 N–H and O–H groups in total. The summed E-state index contributed by atoms with van der Waals surface area (Å²) >= 11 is 0. The van der Waals surface area contributed by atoms with E-state index in [2.05, 4.69) is 20.6 Å². The van der Waals surface area contributed by atoms with Crippen LogP contribution < -0.4 is 10.6 Å². The Kier molecular flexibility index (Phi) is 5.59. The second-order valence-electron chi connectivity index (χ2n) is 6.42. The molecule has 0 saturated heterocycles. The molecule has 1 aliphatic rings. The molecule has 0 unspecified atom stereocenters. The van der Waals surface area contributed by atoms with Crippen molar-refractivity contribution < 1.29 is 23.1 Å². The van der Waals surface area contributed by atoms with E-state index in [1.807, 2.05) is 0 Å². The lowest BCUT2D eigenvalue weighted by molar-refractivity contribution is -0.137. The highest BCUT2D eigenvalue weighted by molar-refractivity contribution is 6.05. The van der Waals surface area contributed by atoms with Gasteiger partial charge in [0.25, 0.3) is 5.91 Å². The Balaban J connectivity index is 1.67. The number of alkyl halides is 3. The van der Waals surface area contributed by atoms with Gasteiger partial charge in [-0.3, -0.25) is 4.79 Å². The number of aliphatic hydroxyl groups is 1. The van der Waals surface area contributed by atoms with E-state index >= 15 is 0 Å². The van der Waals surface area contributed by atoms with E-state index in [0.717, 1.165) is 31.4 Å². The molecule has 9 heteroatoms. The van der Waals surface area contributed by atoms with E-state index in [-0.39, 0.29) is 29.2 Å². The first-order chi connectivity index (χ1) is 12.8. The zero-order valence-corrected chi connectivity index (χ0v) is 14.3. The molecule has 1 heterocycles. The first-order valence-electron chi connectivity index (χ1n) is 8.56. The van der Waals surface area contributed by atoms with Crippen LogP contribution in [0.15, 0.2) is 36.7 Å². The van der Waals surface area contributed by atoms with Gasteiger partial charge in [0, 0.05) is 30.5 Å². The van der Waals surface area contributed by atoms with Gasteiger partial charge in [0.1, 0.15) is 0 Å². The number of aliphatic hydroxyl groups excluding tert-OH is 1. The summed E-state index contributed by atoms with van der Waals surface area (Å²) in [5.74, 6) is -0.240. The average molecular weight is 380 g/mol. The lowest BCUT2D eigenvalue weighted by Gasteiger charge is -2.16. The van der Waals surface area contributed by atoms with Crippen LogP contribution in [0, 0.1) is 5.92 Å². The average Bonchev–Trinajstić information content (AvgIpc) is 3.05. The molecule has 1 aromatic heterocycles. The van der Waals surface area contributed by atoms with Crippen LogP contribution in [0.2, 0.25) is 0 Å². The first-order valence-corrected chi connectivity index (χ1v) is 8.56. The molecule has 0 spiro atoms. The maximum Gasteiger partial charge on any atom is 0.416 e. The number of aromatic nitrogens is 2. The molecule has 0 radical (unpaired) electrons. The second kappa shape index (κ2) is 7.91. The van der Waals surface area contributed by atoms with Gasteiger partial charge in [0.2, 0.25) is 0 Å². The van der Waals surface area contributed by atoms with Crippen molar-refractivity contribution in [3.8, 4) is 0 Å². The summed E-state index contributed by atoms with van der Waals surface area (Å²) in [4.78, 5) is 20.6. The predicted molar refractivity (Wildman–Crippen MR) is 93.3 cm³/mol. The monoisotopic (exact) mass is 380 g/mol. The molecule has 1 amide bonds. The van der Waals surface area contributed by atoms with Gasteiger partial charge in [-0.25, -0.2) is 9.97 Å². The van der Waals surface area contributed by atoms with Crippen LogP contribution in [0.1, 0.15) is 35.3 Å². The van der Waals surface area contributed by atoms with E-state index in [9.17, 15) is 23.1 Å². The Morgan fingerprint density at radius 1 is 1.15 bits per heavy atom. The van der Waals surface area contributed by atoms with Crippen molar-refractivity contribution in [1.29, 1.82) is 0 Å². The Bertz CT molecular complexity index is 796. The molecule has 1 saturated carbocycles. The summed E-state index contributed by atoms with van der Waals surface area (Å²) in [7, 11) is 0. The molecule has 3 rings (SSSR count). The van der Waals surface area contributed by atoms with Crippen molar-refractivity contribution >= 4 is 17.4 Å². The number of carbonyl (C=O) groups is 1. The molecule has 2 atom stereocenters. The van der Waals surface area contributed by atoms with Crippen molar-refractivity contribution in [2.24, 2.45) is 5.92 Å². The van der Waals surface area contributed by atoms with Gasteiger partial charge in [-0.1, -0.05) is 6.42 Å². The van der Waals surface area contributed by atoms with Gasteiger partial charge in [-0.05, 0) is 37.1 Å². The summed E-state index contributed by atoms with van der Waals surface area (Å²) in [6.07, 6.45) is 0.582. The van der Waals surface area contributed by atoms with Crippen molar-refractivity contribution in [2.75, 3.05) is 17.2 Å². The number of amides is 1. The van der Waals surface area contributed by atoms with Crippen LogP contribution in [-0.4, -0.2) is 33.6 Å². The molecule has 0 aliphatic heterocycles. The van der Waals surface area contributed by atoms with Crippen LogP contribution in [0.5, 0.6) is 0 Å². The van der Waals surface area contributed by atoms with E-state index in [4.69, 9.17) is 0 Å². The fourth-order valence-electron chi connectivity index (χ4n) is 3.05. The lowest BCUT2D eigenvalue weighted by Crippen LogP contribution is -2.24. The molecule has 0 bridgehead atoms. The van der Waals surface area contributed by atoms with Crippen LogP contribution in [0.3, 0.4) is 0 Å². The predicted octanol–water partition coefficient (Wildman–Crippen LogP) is 3.32. The third-order valence-corrected chi connectivity index (χ3v) is 4.53. The number of anilines is 2. The van der Waals surface area contributed by atoms with Crippen molar-refractivity contribution in [1.82, 2.24) is 9.97 Å². The molecule has 1 fully saturated rings. The molecule has 6 nitrogen and oxygen atoms in total. The number of hydrogen-bond acceptors (Lipinski definition) is 5. The minimum Gasteiger partial charge on any atom is -0.393 e. The smallest absolute Gasteiger partial charge is 0.393 e. The van der Waals surface area contributed by atoms with Crippen molar-refractivity contribution in [3.05, 3.63) is 47.9 Å². The second-order valence-corrected chi connectivity index (χ2v) is 6.42. The third kappa shape index (κ3) is 4.73. The number of halogens is 3. The number of nitrogens with zero attached hydrogens (tertiary/aromatic N) is 2. The number of hydrogen-bond donors (Lipinski definition) is 3. The van der Waals surface area contributed by atoms with Crippen LogP contribution in [0.4, 0.5) is 24.7 Å². The summed E-state index contributed by atoms with van der Waals surface area (Å²) in [5, 5.41) is 15.4. The van der Waals surface area contributed by atoms with Crippen molar-refractivity contribution in [2.45, 2.75) is 31.5 Å². The van der Waals surface area contributed by atoms with Gasteiger partial charge in [0.05, 0.1) is 11.7 Å². The van der Waals surface area contributed by atoms with Crippen LogP contribution >= 0.6 is 0 Å². The van der Waals surface area contributed by atoms with Gasteiger partial charge < -0.3 is 15.7 Å². The molecular formula is C18H19F3N4O2. The molecular weight excluding hydrogens is 361 g/mol. The maximum absolute atomic E-state index is 12.6. The highest BCUT2D eigenvalue weighted by atomic mass is 19.4. The highest BCUT2D eigenvalue weighted by Crippen LogP contribution is 2.30. The Labute approximate surface area is 153 Å². The van der Waals surface area contributed by atoms with Gasteiger partial charge in [-0.2, -0.15) is 13.2 Å². The van der Waals surface area contributed by atoms with Crippen LogP contribution in [-0.2, 0) is 6.18 Å². The molecule has 144 valence electrons. The van der Waals surface area contributed by atoms with Crippen molar-refractivity contribution in [3.63, 3.8) is 0 Å². The standard InChI is InChI=1S/C18H19F3N4O2/c19-18(20,21)12-4-6-13(7-5-12)25-17(27)15-16(23-9-8-22-15)24-10-11-2-1-3-14(11)26/h4-9,11,14,26H,1-3,10H2,(H,23,24)(H,25,27)/t11-,14+/m0/s1. The lowest BCUT2D eigenvalue weighted by atomic mass is 10.1. The van der Waals surface area contributed by atoms with E-state index in [1.54, 1.807) is 0 Å². The Morgan fingerprint density at radius 3 is 2.48 bits per heavy atom. The number of benzene rings is 1. The minimum absolute atomic E-state index is 0.0323. The summed E-state index contributed by atoms with van der Waals surface area (Å²) in [6, 6.07) is 4.15. The van der Waals surface area contributed by atoms with Gasteiger partial charge in [-0.15, -0.1) is 0 Å². The zero-order chi connectivity index (χ0) is 19.4. The number of nitrogens with one attached hydrogen (secondary N) is 2. The first kappa shape index (κ1) is 19.1. The minimum atomic E-state index is -4.44. The molecule has 2 aromatic rings. The summed E-state index contributed by atoms with van der Waals surface area (Å²) < 4.78 is 37.8. The van der Waals surface area contributed by atoms with E-state index in [1.165, 1.54) is 24.5 Å². The topological polar surface area (TPSA) is 87.1 Å². The Hall–Kier alpha value is -2.68. The normalized spacial score (nSPS) is 19.7. The maximum atomic E-state index is 12.6. The molecule has 27 heavy (non-hydrogen) atoms. The molecule has 1 aromatic carbocycles. The fourth-order valence-corrected chi connectivity index (χ4v) is 3.05. The zero-order valence-electron chi connectivity index (χ0n) is 14.3. The highest BCUT2D eigenvalue weighted by Gasteiger charge is 2.30. The number of rotatable bonds is 5. The number of carbonyl (C=O) groups excluding carboxylic acids is 1. The summed E-state index contributed by atoms with van der Waals surface area (Å²) in [5.41, 5.74) is -0.543. The molecule has 1 aliphatic carbocycles. The van der Waals surface area contributed by atoms with Gasteiger partial charge in [0.15, 0.2) is 11.5 Å². The third-order valence-electron chi connectivity index (χ3n) is 4.53. The van der Waals surface area contributed by atoms with E-state index in [0.29, 0.717) is 6.54 Å². The SMILES string of the molecule is O=C(Nc1ccc(C(F)(F)F)cc1)c1nccnc1NC[C@@H]1CCC[C@H]1O.